The summed E-state index contributed by atoms with van der Waals surface area (Å²) in [4.78, 5) is 32.0. The van der Waals surface area contributed by atoms with E-state index in [4.69, 9.17) is 23.4 Å². The standard InChI is InChI=1S/C27H24ClN5O2/c1-2-18-6-12-23(22(16-18)27(35)32-24-13-11-21(28)17-30-24)31-26(34)20-9-7-19(8-10-20)25(29)33-14-4-3-5-15-33/h1,6-13,16-17,29H,3-5,14-15H2,(H,31,34)(H,30,32,35). The van der Waals surface area contributed by atoms with E-state index in [1.807, 2.05) is 0 Å². The Morgan fingerprint density at radius 3 is 2.31 bits per heavy atom. The first-order valence-corrected chi connectivity index (χ1v) is 11.6. The topological polar surface area (TPSA) is 98.2 Å². The molecule has 176 valence electrons. The number of carbonyl (C=O) groups excluding carboxylic acids is 2. The third-order valence-electron chi connectivity index (χ3n) is 5.74. The summed E-state index contributed by atoms with van der Waals surface area (Å²) < 4.78 is 0. The van der Waals surface area contributed by atoms with E-state index in [9.17, 15) is 9.59 Å². The highest BCUT2D eigenvalue weighted by Gasteiger charge is 2.18. The van der Waals surface area contributed by atoms with Gasteiger partial charge in [-0.2, -0.15) is 0 Å². The number of nitrogens with zero attached hydrogens (tertiary/aromatic N) is 2. The third-order valence-corrected chi connectivity index (χ3v) is 5.96. The van der Waals surface area contributed by atoms with Gasteiger partial charge in [0.25, 0.3) is 11.8 Å². The molecule has 0 radical (unpaired) electrons. The van der Waals surface area contributed by atoms with E-state index in [1.165, 1.54) is 18.7 Å². The van der Waals surface area contributed by atoms with Crippen LogP contribution in [0.1, 0.15) is 51.1 Å². The van der Waals surface area contributed by atoms with Crippen LogP contribution in [-0.2, 0) is 0 Å². The van der Waals surface area contributed by atoms with Gasteiger partial charge < -0.3 is 15.5 Å². The monoisotopic (exact) mass is 485 g/mol. The maximum absolute atomic E-state index is 12.9. The Balaban J connectivity index is 1.50. The Morgan fingerprint density at radius 2 is 1.66 bits per heavy atom. The zero-order valence-electron chi connectivity index (χ0n) is 19.0. The van der Waals surface area contributed by atoms with Crippen molar-refractivity contribution in [2.24, 2.45) is 0 Å². The quantitative estimate of drug-likeness (QED) is 0.268. The van der Waals surface area contributed by atoms with Crippen molar-refractivity contribution >= 4 is 40.8 Å². The van der Waals surface area contributed by atoms with E-state index in [1.54, 1.807) is 48.5 Å². The number of nitrogens with one attached hydrogen (secondary N) is 3. The SMILES string of the molecule is C#Cc1ccc(NC(=O)c2ccc(C(=N)N3CCCCC3)cc2)c(C(=O)Nc2ccc(Cl)cn2)c1. The summed E-state index contributed by atoms with van der Waals surface area (Å²) in [5, 5.41) is 14.4. The number of benzene rings is 2. The summed E-state index contributed by atoms with van der Waals surface area (Å²) in [6.45, 7) is 1.76. The van der Waals surface area contributed by atoms with Crippen LogP contribution in [0.5, 0.6) is 0 Å². The van der Waals surface area contributed by atoms with Gasteiger partial charge in [0, 0.05) is 36.0 Å². The number of likely N-dealkylation sites (tertiary alicyclic amines) is 1. The summed E-state index contributed by atoms with van der Waals surface area (Å²) >= 11 is 5.85. The molecule has 0 aliphatic carbocycles. The molecule has 0 saturated carbocycles. The molecule has 2 aromatic carbocycles. The van der Waals surface area contributed by atoms with Gasteiger partial charge in [0.15, 0.2) is 0 Å². The zero-order chi connectivity index (χ0) is 24.8. The summed E-state index contributed by atoms with van der Waals surface area (Å²) in [6.07, 6.45) is 10.3. The van der Waals surface area contributed by atoms with Gasteiger partial charge in [-0.05, 0) is 61.7 Å². The largest absolute Gasteiger partial charge is 0.357 e. The van der Waals surface area contributed by atoms with E-state index in [0.29, 0.717) is 33.5 Å². The second-order valence-corrected chi connectivity index (χ2v) is 8.58. The van der Waals surface area contributed by atoms with Crippen LogP contribution < -0.4 is 10.6 Å². The van der Waals surface area contributed by atoms with Crippen molar-refractivity contribution in [1.29, 1.82) is 5.41 Å². The molecular formula is C27H24ClN5O2. The second kappa shape index (κ2) is 10.9. The number of anilines is 2. The predicted octanol–water partition coefficient (Wildman–Crippen LogP) is 5.03. The molecule has 1 fully saturated rings. The summed E-state index contributed by atoms with van der Waals surface area (Å²) in [7, 11) is 0. The molecule has 0 spiro atoms. The molecule has 8 heteroatoms. The zero-order valence-corrected chi connectivity index (χ0v) is 19.7. The number of terminal acetylenes is 1. The number of pyridine rings is 1. The molecule has 4 rings (SSSR count). The molecule has 0 bridgehead atoms. The molecule has 2 amide bonds. The van der Waals surface area contributed by atoms with Crippen LogP contribution in [0.15, 0.2) is 60.8 Å². The molecule has 35 heavy (non-hydrogen) atoms. The molecule has 2 heterocycles. The van der Waals surface area contributed by atoms with Gasteiger partial charge in [-0.3, -0.25) is 15.0 Å². The van der Waals surface area contributed by atoms with Crippen molar-refractivity contribution in [1.82, 2.24) is 9.88 Å². The first kappa shape index (κ1) is 24.0. The van der Waals surface area contributed by atoms with Gasteiger partial charge in [-0.25, -0.2) is 4.98 Å². The minimum absolute atomic E-state index is 0.203. The Kier molecular flexibility index (Phi) is 7.44. The predicted molar refractivity (Wildman–Crippen MR) is 138 cm³/mol. The number of amidine groups is 1. The molecule has 1 aliphatic heterocycles. The number of carbonyl (C=O) groups is 2. The van der Waals surface area contributed by atoms with E-state index in [0.717, 1.165) is 31.5 Å². The average Bonchev–Trinajstić information content (AvgIpc) is 2.90. The molecule has 1 aromatic heterocycles. The van der Waals surface area contributed by atoms with Gasteiger partial charge in [-0.15, -0.1) is 6.42 Å². The highest BCUT2D eigenvalue weighted by atomic mass is 35.5. The second-order valence-electron chi connectivity index (χ2n) is 8.15. The maximum atomic E-state index is 12.9. The van der Waals surface area contributed by atoms with Crippen molar-refractivity contribution in [3.8, 4) is 12.3 Å². The molecule has 7 nitrogen and oxygen atoms in total. The lowest BCUT2D eigenvalue weighted by Crippen LogP contribution is -2.35. The van der Waals surface area contributed by atoms with Gasteiger partial charge in [-0.1, -0.05) is 29.7 Å². The molecule has 3 N–H and O–H groups in total. The molecule has 1 saturated heterocycles. The van der Waals surface area contributed by atoms with Gasteiger partial charge in [0.2, 0.25) is 0 Å². The van der Waals surface area contributed by atoms with E-state index < -0.39 is 5.91 Å². The Morgan fingerprint density at radius 1 is 0.943 bits per heavy atom. The Bertz CT molecular complexity index is 1290. The fraction of sp³-hybridized carbons (Fsp3) is 0.185. The van der Waals surface area contributed by atoms with Crippen LogP contribution in [0, 0.1) is 17.8 Å². The number of hydrogen-bond acceptors (Lipinski definition) is 4. The number of amides is 2. The number of halogens is 1. The third kappa shape index (κ3) is 5.86. The van der Waals surface area contributed by atoms with E-state index >= 15 is 0 Å². The fourth-order valence-corrected chi connectivity index (χ4v) is 3.95. The van der Waals surface area contributed by atoms with Crippen LogP contribution in [0.4, 0.5) is 11.5 Å². The van der Waals surface area contributed by atoms with Crippen molar-refractivity contribution < 1.29 is 9.59 Å². The van der Waals surface area contributed by atoms with Crippen LogP contribution in [0.25, 0.3) is 0 Å². The lowest BCUT2D eigenvalue weighted by molar-refractivity contribution is 0.102. The van der Waals surface area contributed by atoms with E-state index in [-0.39, 0.29) is 11.5 Å². The van der Waals surface area contributed by atoms with Crippen LogP contribution in [-0.4, -0.2) is 40.6 Å². The molecule has 0 unspecified atom stereocenters. The Hall–Kier alpha value is -4.15. The highest BCUT2D eigenvalue weighted by Crippen LogP contribution is 2.21. The maximum Gasteiger partial charge on any atom is 0.258 e. The summed E-state index contributed by atoms with van der Waals surface area (Å²) in [5.41, 5.74) is 2.18. The summed E-state index contributed by atoms with van der Waals surface area (Å²) in [5.74, 6) is 2.43. The molecule has 1 aliphatic rings. The minimum Gasteiger partial charge on any atom is -0.357 e. The lowest BCUT2D eigenvalue weighted by atomic mass is 10.1. The average molecular weight is 486 g/mol. The van der Waals surface area contributed by atoms with Gasteiger partial charge in [0.05, 0.1) is 16.3 Å². The molecule has 0 atom stereocenters. The number of rotatable bonds is 5. The van der Waals surface area contributed by atoms with Crippen molar-refractivity contribution in [3.63, 3.8) is 0 Å². The fourth-order valence-electron chi connectivity index (χ4n) is 3.84. The normalized spacial score (nSPS) is 13.0. The van der Waals surface area contributed by atoms with Gasteiger partial charge in [0.1, 0.15) is 11.7 Å². The van der Waals surface area contributed by atoms with Crippen LogP contribution in [0.2, 0.25) is 5.02 Å². The van der Waals surface area contributed by atoms with Crippen molar-refractivity contribution in [2.75, 3.05) is 23.7 Å². The summed E-state index contributed by atoms with van der Waals surface area (Å²) in [6, 6.07) is 14.9. The first-order chi connectivity index (χ1) is 16.9. The van der Waals surface area contributed by atoms with Crippen LogP contribution in [0.3, 0.4) is 0 Å². The van der Waals surface area contributed by atoms with Gasteiger partial charge >= 0.3 is 0 Å². The number of piperidine rings is 1. The number of aromatic nitrogens is 1. The Labute approximate surface area is 209 Å². The lowest BCUT2D eigenvalue weighted by Gasteiger charge is -2.29. The van der Waals surface area contributed by atoms with Crippen molar-refractivity contribution in [3.05, 3.63) is 88.1 Å². The molecular weight excluding hydrogens is 462 g/mol. The smallest absolute Gasteiger partial charge is 0.258 e. The van der Waals surface area contributed by atoms with E-state index in [2.05, 4.69) is 26.4 Å². The molecule has 3 aromatic rings. The van der Waals surface area contributed by atoms with Crippen molar-refractivity contribution in [2.45, 2.75) is 19.3 Å². The highest BCUT2D eigenvalue weighted by molar-refractivity contribution is 6.30. The number of hydrogen-bond donors (Lipinski definition) is 3. The minimum atomic E-state index is -0.474. The first-order valence-electron chi connectivity index (χ1n) is 11.2. The van der Waals surface area contributed by atoms with Crippen LogP contribution >= 0.6 is 11.6 Å².